The Labute approximate surface area is 107 Å². The number of likely N-dealkylation sites (tertiary alicyclic amines) is 1. The van der Waals surface area contributed by atoms with Crippen molar-refractivity contribution in [2.24, 2.45) is 0 Å². The monoisotopic (exact) mass is 245 g/mol. The van der Waals surface area contributed by atoms with Crippen LogP contribution in [0.3, 0.4) is 0 Å². The van der Waals surface area contributed by atoms with Gasteiger partial charge in [-0.3, -0.25) is 14.7 Å². The molecule has 0 bridgehead atoms. The zero-order valence-electron chi connectivity index (χ0n) is 10.9. The third kappa shape index (κ3) is 1.56. The van der Waals surface area contributed by atoms with Crippen molar-refractivity contribution in [3.63, 3.8) is 0 Å². The molecule has 3 atom stereocenters. The Kier molecular flexibility index (Phi) is 2.82. The van der Waals surface area contributed by atoms with Crippen LogP contribution in [-0.4, -0.2) is 34.4 Å². The highest BCUT2D eigenvalue weighted by Gasteiger charge is 2.48. The Hall–Kier alpha value is -1.42. The summed E-state index contributed by atoms with van der Waals surface area (Å²) in [6.45, 7) is 4.97. The second-order valence-electron chi connectivity index (χ2n) is 5.03. The number of likely N-dealkylation sites (N-methyl/N-ethyl adjacent to an activating group) is 1. The second kappa shape index (κ2) is 4.35. The Morgan fingerprint density at radius 2 is 2.39 bits per heavy atom. The number of hydrogen-bond donors (Lipinski definition) is 1. The zero-order chi connectivity index (χ0) is 12.7. The van der Waals surface area contributed by atoms with E-state index in [-0.39, 0.29) is 12.2 Å². The quantitative estimate of drug-likeness (QED) is 0.884. The smallest absolute Gasteiger partial charge is 0.149 e. The van der Waals surface area contributed by atoms with Crippen LogP contribution in [0.5, 0.6) is 0 Å². The first-order valence-corrected chi connectivity index (χ1v) is 6.76. The van der Waals surface area contributed by atoms with Crippen molar-refractivity contribution in [2.45, 2.75) is 44.8 Å². The van der Waals surface area contributed by atoms with Crippen LogP contribution >= 0.6 is 0 Å². The number of carbonyl (C=O) groups excluding carboxylic acids is 1. The summed E-state index contributed by atoms with van der Waals surface area (Å²) in [5, 5.41) is 3.52. The molecule has 1 aromatic rings. The summed E-state index contributed by atoms with van der Waals surface area (Å²) in [4.78, 5) is 18.8. The lowest BCUT2D eigenvalue weighted by Gasteiger charge is -2.27. The molecule has 4 nitrogen and oxygen atoms in total. The van der Waals surface area contributed by atoms with Gasteiger partial charge in [-0.2, -0.15) is 0 Å². The minimum absolute atomic E-state index is 0.0673. The molecule has 4 heteroatoms. The first-order valence-electron chi connectivity index (χ1n) is 6.76. The summed E-state index contributed by atoms with van der Waals surface area (Å²) in [5.74, 6) is 0.715. The fourth-order valence-electron chi connectivity index (χ4n) is 3.34. The molecule has 2 aliphatic heterocycles. The summed E-state index contributed by atoms with van der Waals surface area (Å²) in [7, 11) is 0. The molecule has 1 N–H and O–H groups in total. The van der Waals surface area contributed by atoms with Crippen LogP contribution in [0, 0.1) is 0 Å². The largest absolute Gasteiger partial charge is 0.368 e. The van der Waals surface area contributed by atoms with E-state index >= 15 is 0 Å². The predicted molar refractivity (Wildman–Crippen MR) is 70.5 cm³/mol. The molecule has 18 heavy (non-hydrogen) atoms. The number of rotatable bonds is 3. The molecule has 0 aliphatic carbocycles. The molecule has 3 unspecified atom stereocenters. The lowest BCUT2D eigenvalue weighted by molar-refractivity contribution is -0.123. The first-order chi connectivity index (χ1) is 8.76. The van der Waals surface area contributed by atoms with E-state index in [0.717, 1.165) is 24.3 Å². The fraction of sp³-hybridized carbons (Fsp3) is 0.571. The van der Waals surface area contributed by atoms with Gasteiger partial charge in [0.1, 0.15) is 5.78 Å². The van der Waals surface area contributed by atoms with Crippen molar-refractivity contribution in [3.05, 3.63) is 24.0 Å². The molecule has 0 amide bonds. The van der Waals surface area contributed by atoms with Gasteiger partial charge in [0.2, 0.25) is 0 Å². The van der Waals surface area contributed by atoms with Crippen LogP contribution in [0.4, 0.5) is 5.69 Å². The van der Waals surface area contributed by atoms with E-state index in [1.807, 2.05) is 19.2 Å². The predicted octanol–water partition coefficient (Wildman–Crippen LogP) is 1.99. The third-order valence-corrected chi connectivity index (χ3v) is 4.19. The number of pyridine rings is 1. The van der Waals surface area contributed by atoms with Crippen molar-refractivity contribution in [1.82, 2.24) is 9.88 Å². The van der Waals surface area contributed by atoms with Crippen LogP contribution in [0.15, 0.2) is 18.3 Å². The maximum absolute atomic E-state index is 12.0. The zero-order valence-corrected chi connectivity index (χ0v) is 10.9. The van der Waals surface area contributed by atoms with Crippen LogP contribution < -0.4 is 5.32 Å². The summed E-state index contributed by atoms with van der Waals surface area (Å²) in [5.41, 5.74) is 2.26. The van der Waals surface area contributed by atoms with Gasteiger partial charge in [0, 0.05) is 18.5 Å². The average Bonchev–Trinajstić information content (AvgIpc) is 2.93. The maximum Gasteiger partial charge on any atom is 0.149 e. The number of nitrogens with one attached hydrogen (secondary N) is 1. The summed E-state index contributed by atoms with van der Waals surface area (Å²) >= 11 is 0. The normalized spacial score (nSPS) is 29.8. The van der Waals surface area contributed by atoms with E-state index in [9.17, 15) is 4.79 Å². The van der Waals surface area contributed by atoms with Crippen molar-refractivity contribution in [1.29, 1.82) is 0 Å². The third-order valence-electron chi connectivity index (χ3n) is 4.19. The number of anilines is 1. The highest BCUT2D eigenvalue weighted by Crippen LogP contribution is 2.44. The van der Waals surface area contributed by atoms with Crippen LogP contribution in [0.25, 0.3) is 0 Å². The topological polar surface area (TPSA) is 45.2 Å². The van der Waals surface area contributed by atoms with Crippen LogP contribution in [0.1, 0.15) is 38.3 Å². The number of Topliss-reactive ketones (excluding diaryl/α,β-unsaturated/α-hetero) is 1. The molecular weight excluding hydrogens is 226 g/mol. The lowest BCUT2D eigenvalue weighted by Crippen LogP contribution is -2.43. The molecule has 1 aromatic heterocycles. The second-order valence-corrected chi connectivity index (χ2v) is 5.03. The van der Waals surface area contributed by atoms with E-state index in [1.165, 1.54) is 0 Å². The summed E-state index contributed by atoms with van der Waals surface area (Å²) in [6, 6.07) is 4.10. The minimum atomic E-state index is 0.0673. The summed E-state index contributed by atoms with van der Waals surface area (Å²) < 4.78 is 0. The number of aromatic nitrogens is 1. The molecule has 3 heterocycles. The van der Waals surface area contributed by atoms with Crippen molar-refractivity contribution >= 4 is 11.5 Å². The van der Waals surface area contributed by atoms with Gasteiger partial charge in [0.15, 0.2) is 0 Å². The van der Waals surface area contributed by atoms with Crippen molar-refractivity contribution in [2.75, 3.05) is 11.9 Å². The SMILES string of the molecule is CCC(=O)C1CC2c3ncccc3NC2N1CC. The van der Waals surface area contributed by atoms with E-state index in [0.29, 0.717) is 18.1 Å². The molecule has 96 valence electrons. The molecule has 1 saturated heterocycles. The van der Waals surface area contributed by atoms with Crippen molar-refractivity contribution in [3.8, 4) is 0 Å². The number of nitrogens with zero attached hydrogens (tertiary/aromatic N) is 2. The molecule has 0 saturated carbocycles. The molecule has 3 rings (SSSR count). The number of hydrogen-bond acceptors (Lipinski definition) is 4. The Morgan fingerprint density at radius 3 is 3.11 bits per heavy atom. The first kappa shape index (κ1) is 11.7. The Morgan fingerprint density at radius 1 is 1.56 bits per heavy atom. The minimum Gasteiger partial charge on any atom is -0.368 e. The Balaban J connectivity index is 1.92. The average molecular weight is 245 g/mol. The number of fused-ring (bicyclic) bond motifs is 3. The van der Waals surface area contributed by atoms with E-state index < -0.39 is 0 Å². The number of ketones is 1. The molecule has 1 fully saturated rings. The van der Waals surface area contributed by atoms with Crippen LogP contribution in [-0.2, 0) is 4.79 Å². The highest BCUT2D eigenvalue weighted by molar-refractivity contribution is 5.84. The van der Waals surface area contributed by atoms with Gasteiger partial charge in [-0.25, -0.2) is 0 Å². The number of carbonyl (C=O) groups is 1. The van der Waals surface area contributed by atoms with Crippen LogP contribution in [0.2, 0.25) is 0 Å². The van der Waals surface area contributed by atoms with Gasteiger partial charge in [-0.1, -0.05) is 13.8 Å². The fourth-order valence-corrected chi connectivity index (χ4v) is 3.34. The van der Waals surface area contributed by atoms with Gasteiger partial charge in [-0.05, 0) is 25.1 Å². The van der Waals surface area contributed by atoms with E-state index in [1.54, 1.807) is 0 Å². The van der Waals surface area contributed by atoms with Gasteiger partial charge in [-0.15, -0.1) is 0 Å². The summed E-state index contributed by atoms with van der Waals surface area (Å²) in [6.07, 6.45) is 3.62. The maximum atomic E-state index is 12.0. The van der Waals surface area contributed by atoms with E-state index in [2.05, 4.69) is 28.2 Å². The van der Waals surface area contributed by atoms with Gasteiger partial charge >= 0.3 is 0 Å². The molecule has 0 radical (unpaired) electrons. The lowest BCUT2D eigenvalue weighted by atomic mass is 9.98. The van der Waals surface area contributed by atoms with E-state index in [4.69, 9.17) is 0 Å². The van der Waals surface area contributed by atoms with Gasteiger partial charge in [0.05, 0.1) is 23.6 Å². The molecular formula is C14H19N3O. The highest BCUT2D eigenvalue weighted by atomic mass is 16.1. The van der Waals surface area contributed by atoms with Crippen molar-refractivity contribution < 1.29 is 4.79 Å². The molecule has 2 aliphatic rings. The molecule has 0 aromatic carbocycles. The standard InChI is InChI=1S/C14H19N3O/c1-3-12(18)11-8-9-13-10(6-5-7-15-13)16-14(9)17(11)4-2/h5-7,9,11,14,16H,3-4,8H2,1-2H3. The van der Waals surface area contributed by atoms with Gasteiger partial charge < -0.3 is 5.32 Å². The Bertz CT molecular complexity index is 474. The van der Waals surface area contributed by atoms with Gasteiger partial charge in [0.25, 0.3) is 0 Å². The molecule has 0 spiro atoms.